The Morgan fingerprint density at radius 1 is 1.25 bits per heavy atom. The van der Waals surface area contributed by atoms with Crippen LogP contribution in [-0.4, -0.2) is 45.9 Å². The van der Waals surface area contributed by atoms with Crippen LogP contribution in [0.5, 0.6) is 0 Å². The van der Waals surface area contributed by atoms with Gasteiger partial charge in [-0.15, -0.1) is 0 Å². The second-order valence-corrected chi connectivity index (χ2v) is 4.15. The minimum atomic E-state index is 0.310. The van der Waals surface area contributed by atoms with E-state index in [4.69, 9.17) is 14.2 Å². The van der Waals surface area contributed by atoms with Gasteiger partial charge in [0, 0.05) is 33.2 Å². The maximum absolute atomic E-state index is 11.6. The molecule has 1 aliphatic heterocycles. The summed E-state index contributed by atoms with van der Waals surface area (Å²) in [5.74, 6) is 0.838. The normalized spacial score (nSPS) is 17.6. The third-order valence-electron chi connectivity index (χ3n) is 2.81. The van der Waals surface area contributed by atoms with Crippen LogP contribution in [0.2, 0.25) is 0 Å². The Balaban J connectivity index is 1.97. The summed E-state index contributed by atoms with van der Waals surface area (Å²) < 4.78 is 15.4. The summed E-state index contributed by atoms with van der Waals surface area (Å²) >= 11 is 0. The highest BCUT2D eigenvalue weighted by Crippen LogP contribution is 2.19. The molecule has 0 aromatic rings. The van der Waals surface area contributed by atoms with E-state index in [0.29, 0.717) is 44.4 Å². The molecule has 0 bridgehead atoms. The second kappa shape index (κ2) is 8.67. The summed E-state index contributed by atoms with van der Waals surface area (Å²) in [6.07, 6.45) is 3.27. The molecule has 0 N–H and O–H groups in total. The van der Waals surface area contributed by atoms with Gasteiger partial charge >= 0.3 is 0 Å². The van der Waals surface area contributed by atoms with Gasteiger partial charge in [0.1, 0.15) is 5.78 Å². The van der Waals surface area contributed by atoms with E-state index in [9.17, 15) is 4.79 Å². The summed E-state index contributed by atoms with van der Waals surface area (Å²) in [5, 5.41) is 0. The fraction of sp³-hybridized carbons (Fsp3) is 0.917. The highest BCUT2D eigenvalue weighted by atomic mass is 16.5. The van der Waals surface area contributed by atoms with E-state index in [0.717, 1.165) is 26.1 Å². The van der Waals surface area contributed by atoms with Crippen LogP contribution in [0.4, 0.5) is 0 Å². The molecule has 1 saturated heterocycles. The molecule has 1 aliphatic rings. The van der Waals surface area contributed by atoms with E-state index >= 15 is 0 Å². The predicted octanol–water partition coefficient (Wildman–Crippen LogP) is 1.43. The minimum Gasteiger partial charge on any atom is -0.382 e. The van der Waals surface area contributed by atoms with Crippen LogP contribution in [0, 0.1) is 5.92 Å². The first-order valence-electron chi connectivity index (χ1n) is 5.99. The number of hydrogen-bond acceptors (Lipinski definition) is 4. The van der Waals surface area contributed by atoms with Gasteiger partial charge in [-0.25, -0.2) is 0 Å². The molecule has 94 valence electrons. The molecular formula is C12H22O4. The Bertz CT molecular complexity index is 187. The fourth-order valence-corrected chi connectivity index (χ4v) is 1.80. The largest absolute Gasteiger partial charge is 0.382 e. The average Bonchev–Trinajstić information content (AvgIpc) is 2.30. The molecule has 4 nitrogen and oxygen atoms in total. The lowest BCUT2D eigenvalue weighted by molar-refractivity contribution is -0.121. The lowest BCUT2D eigenvalue weighted by Crippen LogP contribution is -2.19. The van der Waals surface area contributed by atoms with Crippen molar-refractivity contribution < 1.29 is 19.0 Å². The zero-order chi connectivity index (χ0) is 11.6. The Morgan fingerprint density at radius 3 is 2.69 bits per heavy atom. The quantitative estimate of drug-likeness (QED) is 0.592. The first kappa shape index (κ1) is 13.6. The zero-order valence-corrected chi connectivity index (χ0v) is 10.1. The van der Waals surface area contributed by atoms with Crippen LogP contribution in [0.25, 0.3) is 0 Å². The zero-order valence-electron chi connectivity index (χ0n) is 10.1. The molecular weight excluding hydrogens is 208 g/mol. The van der Waals surface area contributed by atoms with E-state index < -0.39 is 0 Å². The highest BCUT2D eigenvalue weighted by molar-refractivity contribution is 5.78. The van der Waals surface area contributed by atoms with Gasteiger partial charge in [0.15, 0.2) is 0 Å². The van der Waals surface area contributed by atoms with Crippen LogP contribution >= 0.6 is 0 Å². The maximum Gasteiger partial charge on any atom is 0.135 e. The molecule has 0 aromatic heterocycles. The molecule has 4 heteroatoms. The number of carbonyl (C=O) groups excluding carboxylic acids is 1. The Morgan fingerprint density at radius 2 is 2.00 bits per heavy atom. The molecule has 0 saturated carbocycles. The van der Waals surface area contributed by atoms with Crippen LogP contribution in [0.3, 0.4) is 0 Å². The summed E-state index contributed by atoms with van der Waals surface area (Å²) in [7, 11) is 1.64. The van der Waals surface area contributed by atoms with Gasteiger partial charge < -0.3 is 14.2 Å². The van der Waals surface area contributed by atoms with E-state index in [1.54, 1.807) is 7.11 Å². The van der Waals surface area contributed by atoms with Crippen molar-refractivity contribution in [1.82, 2.24) is 0 Å². The Hall–Kier alpha value is -0.450. The van der Waals surface area contributed by atoms with E-state index in [2.05, 4.69) is 0 Å². The van der Waals surface area contributed by atoms with Crippen LogP contribution in [0.1, 0.15) is 25.7 Å². The van der Waals surface area contributed by atoms with Crippen molar-refractivity contribution in [3.8, 4) is 0 Å². The molecule has 0 amide bonds. The van der Waals surface area contributed by atoms with Gasteiger partial charge in [-0.1, -0.05) is 0 Å². The number of rotatable bonds is 8. The molecule has 1 heterocycles. The number of hydrogen-bond donors (Lipinski definition) is 0. The highest BCUT2D eigenvalue weighted by Gasteiger charge is 2.16. The van der Waals surface area contributed by atoms with Crippen molar-refractivity contribution in [3.63, 3.8) is 0 Å². The number of carbonyl (C=O) groups is 1. The average molecular weight is 230 g/mol. The van der Waals surface area contributed by atoms with Crippen LogP contribution in [0.15, 0.2) is 0 Å². The standard InChI is InChI=1S/C12H22O4/c1-14-8-9-16-7-4-12(13)10-11-2-5-15-6-3-11/h11H,2-10H2,1H3. The maximum atomic E-state index is 11.6. The summed E-state index contributed by atoms with van der Waals surface area (Å²) in [5.41, 5.74) is 0. The van der Waals surface area contributed by atoms with Crippen LogP contribution in [-0.2, 0) is 19.0 Å². The molecule has 0 aromatic carbocycles. The van der Waals surface area contributed by atoms with Gasteiger partial charge in [-0.05, 0) is 18.8 Å². The molecule has 1 fully saturated rings. The Kier molecular flexibility index (Phi) is 7.38. The van der Waals surface area contributed by atoms with Crippen molar-refractivity contribution >= 4 is 5.78 Å². The van der Waals surface area contributed by atoms with Crippen molar-refractivity contribution in [2.75, 3.05) is 40.1 Å². The van der Waals surface area contributed by atoms with Gasteiger partial charge in [0.05, 0.1) is 19.8 Å². The monoisotopic (exact) mass is 230 g/mol. The molecule has 0 spiro atoms. The predicted molar refractivity (Wildman–Crippen MR) is 60.5 cm³/mol. The van der Waals surface area contributed by atoms with Crippen molar-refractivity contribution in [2.45, 2.75) is 25.7 Å². The SMILES string of the molecule is COCCOCCC(=O)CC1CCOCC1. The number of ether oxygens (including phenoxy) is 3. The van der Waals surface area contributed by atoms with Gasteiger partial charge in [0.2, 0.25) is 0 Å². The Labute approximate surface area is 97.2 Å². The topological polar surface area (TPSA) is 44.8 Å². The first-order valence-corrected chi connectivity index (χ1v) is 5.99. The fourth-order valence-electron chi connectivity index (χ4n) is 1.80. The van der Waals surface area contributed by atoms with Gasteiger partial charge in [-0.3, -0.25) is 4.79 Å². The molecule has 0 atom stereocenters. The number of methoxy groups -OCH3 is 1. The van der Waals surface area contributed by atoms with E-state index in [1.807, 2.05) is 0 Å². The molecule has 0 aliphatic carbocycles. The van der Waals surface area contributed by atoms with E-state index in [-0.39, 0.29) is 0 Å². The van der Waals surface area contributed by atoms with Crippen molar-refractivity contribution in [1.29, 1.82) is 0 Å². The number of ketones is 1. The van der Waals surface area contributed by atoms with Gasteiger partial charge in [0.25, 0.3) is 0 Å². The molecule has 16 heavy (non-hydrogen) atoms. The minimum absolute atomic E-state index is 0.310. The number of Topliss-reactive ketones (excluding diaryl/α,β-unsaturated/α-hetero) is 1. The van der Waals surface area contributed by atoms with Gasteiger partial charge in [-0.2, -0.15) is 0 Å². The van der Waals surface area contributed by atoms with Crippen molar-refractivity contribution in [2.24, 2.45) is 5.92 Å². The third kappa shape index (κ3) is 6.20. The molecule has 1 rings (SSSR count). The van der Waals surface area contributed by atoms with Crippen LogP contribution < -0.4 is 0 Å². The third-order valence-corrected chi connectivity index (χ3v) is 2.81. The summed E-state index contributed by atoms with van der Waals surface area (Å²) in [4.78, 5) is 11.6. The first-order chi connectivity index (χ1) is 7.83. The lowest BCUT2D eigenvalue weighted by Gasteiger charge is -2.21. The summed E-state index contributed by atoms with van der Waals surface area (Å²) in [6.45, 7) is 3.30. The molecule has 0 unspecified atom stereocenters. The lowest BCUT2D eigenvalue weighted by atomic mass is 9.93. The second-order valence-electron chi connectivity index (χ2n) is 4.15. The summed E-state index contributed by atoms with van der Waals surface area (Å²) in [6, 6.07) is 0. The smallest absolute Gasteiger partial charge is 0.135 e. The van der Waals surface area contributed by atoms with E-state index in [1.165, 1.54) is 0 Å². The molecule has 0 radical (unpaired) electrons. The van der Waals surface area contributed by atoms with Crippen molar-refractivity contribution in [3.05, 3.63) is 0 Å².